The van der Waals surface area contributed by atoms with Crippen LogP contribution in [-0.2, 0) is 16.1 Å². The molecule has 1 aromatic carbocycles. The molecule has 1 unspecified atom stereocenters. The molecule has 5 rings (SSSR count). The zero-order chi connectivity index (χ0) is 25.6. The lowest BCUT2D eigenvalue weighted by Gasteiger charge is -2.33. The van der Waals surface area contributed by atoms with Crippen molar-refractivity contribution >= 4 is 17.5 Å². The molecule has 1 aliphatic rings. The molecule has 1 atom stereocenters. The van der Waals surface area contributed by atoms with Gasteiger partial charge in [0.15, 0.2) is 5.76 Å². The van der Waals surface area contributed by atoms with Crippen molar-refractivity contribution in [2.24, 2.45) is 0 Å². The Labute approximate surface area is 214 Å². The number of rotatable bonds is 8. The van der Waals surface area contributed by atoms with Crippen LogP contribution in [0.3, 0.4) is 0 Å². The summed E-state index contributed by atoms with van der Waals surface area (Å²) in [5, 5.41) is 15.6. The monoisotopic (exact) mass is 499 g/mol. The number of para-hydroxylation sites is 1. The van der Waals surface area contributed by atoms with Crippen LogP contribution in [-0.4, -0.2) is 43.0 Å². The minimum atomic E-state index is -0.893. The van der Waals surface area contributed by atoms with Crippen LogP contribution in [0.15, 0.2) is 71.4 Å². The zero-order valence-corrected chi connectivity index (χ0v) is 20.7. The number of hydrogen-bond acceptors (Lipinski definition) is 7. The fourth-order valence-electron chi connectivity index (χ4n) is 4.68. The van der Waals surface area contributed by atoms with Crippen LogP contribution in [0.1, 0.15) is 49.5 Å². The maximum absolute atomic E-state index is 13.9. The van der Waals surface area contributed by atoms with Gasteiger partial charge in [0.2, 0.25) is 11.7 Å². The van der Waals surface area contributed by atoms with Crippen LogP contribution in [0.5, 0.6) is 0 Å². The van der Waals surface area contributed by atoms with Crippen molar-refractivity contribution in [3.05, 3.63) is 78.3 Å². The molecule has 3 heterocycles. The first-order valence-corrected chi connectivity index (χ1v) is 12.5. The zero-order valence-electron chi connectivity index (χ0n) is 20.7. The maximum Gasteiger partial charge on any atom is 0.251 e. The quantitative estimate of drug-likeness (QED) is 0.391. The van der Waals surface area contributed by atoms with Crippen molar-refractivity contribution in [3.8, 4) is 11.6 Å². The van der Waals surface area contributed by atoms with Gasteiger partial charge in [0.1, 0.15) is 18.3 Å². The lowest BCUT2D eigenvalue weighted by molar-refractivity contribution is -0.127. The Hall–Kier alpha value is -4.34. The van der Waals surface area contributed by atoms with E-state index in [0.717, 1.165) is 31.4 Å². The molecule has 10 heteroatoms. The summed E-state index contributed by atoms with van der Waals surface area (Å²) >= 11 is 0. The Balaban J connectivity index is 1.46. The number of pyridine rings is 1. The first-order chi connectivity index (χ1) is 18.1. The molecule has 0 radical (unpaired) electrons. The van der Waals surface area contributed by atoms with E-state index >= 15 is 0 Å². The number of anilines is 1. The summed E-state index contributed by atoms with van der Waals surface area (Å²) < 4.78 is 5.57. The molecule has 37 heavy (non-hydrogen) atoms. The molecule has 1 fully saturated rings. The van der Waals surface area contributed by atoms with Gasteiger partial charge in [-0.2, -0.15) is 4.80 Å². The molecule has 0 spiro atoms. The predicted octanol–water partition coefficient (Wildman–Crippen LogP) is 3.86. The molecule has 10 nitrogen and oxygen atoms in total. The number of carbonyl (C=O) groups excluding carboxylic acids is 2. The number of benzene rings is 1. The van der Waals surface area contributed by atoms with Gasteiger partial charge in [-0.3, -0.25) is 19.5 Å². The summed E-state index contributed by atoms with van der Waals surface area (Å²) in [4.78, 5) is 34.5. The third kappa shape index (κ3) is 5.74. The van der Waals surface area contributed by atoms with E-state index in [1.54, 1.807) is 30.6 Å². The fourth-order valence-corrected chi connectivity index (χ4v) is 4.68. The fraction of sp³-hybridized carbons (Fsp3) is 0.333. The first kappa shape index (κ1) is 24.4. The summed E-state index contributed by atoms with van der Waals surface area (Å²) in [6, 6.07) is 15.5. The Bertz CT molecular complexity index is 1330. The van der Waals surface area contributed by atoms with Gasteiger partial charge >= 0.3 is 0 Å². The van der Waals surface area contributed by atoms with Gasteiger partial charge < -0.3 is 9.73 Å². The highest BCUT2D eigenvalue weighted by Crippen LogP contribution is 2.29. The van der Waals surface area contributed by atoms with E-state index in [1.807, 2.05) is 43.3 Å². The number of aryl methyl sites for hydroxylation is 1. The van der Waals surface area contributed by atoms with Gasteiger partial charge in [-0.05, 0) is 66.9 Å². The van der Waals surface area contributed by atoms with Crippen molar-refractivity contribution in [2.45, 2.75) is 57.7 Å². The second-order valence-electron chi connectivity index (χ2n) is 9.18. The summed E-state index contributed by atoms with van der Waals surface area (Å²) in [7, 11) is 0. The third-order valence-corrected chi connectivity index (χ3v) is 6.47. The van der Waals surface area contributed by atoms with E-state index in [4.69, 9.17) is 4.42 Å². The standard InChI is InChI=1S/C27H29N7O3/c1-19-12-13-23(37-19)26-30-32-33(31-26)18-24(35)34(22-10-6-3-7-11-22)25(20-14-16-28-17-15-20)27(36)29-21-8-4-2-5-9-21/h3,6-7,10-17,21,25H,2,4-5,8-9,18H2,1H3,(H,29,36). The summed E-state index contributed by atoms with van der Waals surface area (Å²) in [6.07, 6.45) is 8.47. The van der Waals surface area contributed by atoms with Crippen molar-refractivity contribution in [2.75, 3.05) is 4.90 Å². The topological polar surface area (TPSA) is 119 Å². The Morgan fingerprint density at radius 1 is 1.05 bits per heavy atom. The molecule has 0 bridgehead atoms. The van der Waals surface area contributed by atoms with Gasteiger partial charge in [0.05, 0.1) is 0 Å². The second kappa shape index (κ2) is 11.2. The van der Waals surface area contributed by atoms with Gasteiger partial charge in [-0.1, -0.05) is 37.5 Å². The Morgan fingerprint density at radius 2 is 1.81 bits per heavy atom. The van der Waals surface area contributed by atoms with E-state index in [0.29, 0.717) is 17.0 Å². The molecular weight excluding hydrogens is 470 g/mol. The van der Waals surface area contributed by atoms with Crippen LogP contribution in [0, 0.1) is 6.92 Å². The molecule has 190 valence electrons. The number of aromatic nitrogens is 5. The van der Waals surface area contributed by atoms with Crippen LogP contribution >= 0.6 is 0 Å². The average molecular weight is 500 g/mol. The maximum atomic E-state index is 13.9. The largest absolute Gasteiger partial charge is 0.458 e. The lowest BCUT2D eigenvalue weighted by atomic mass is 9.94. The molecule has 3 aromatic heterocycles. The highest BCUT2D eigenvalue weighted by Gasteiger charge is 2.34. The summed E-state index contributed by atoms with van der Waals surface area (Å²) in [6.45, 7) is 1.62. The van der Waals surface area contributed by atoms with Crippen LogP contribution in [0.25, 0.3) is 11.6 Å². The number of hydrogen-bond donors (Lipinski definition) is 1. The highest BCUT2D eigenvalue weighted by molar-refractivity contribution is 6.01. The third-order valence-electron chi connectivity index (χ3n) is 6.47. The van der Waals surface area contributed by atoms with Crippen LogP contribution in [0.2, 0.25) is 0 Å². The minimum Gasteiger partial charge on any atom is -0.458 e. The van der Waals surface area contributed by atoms with E-state index in [2.05, 4.69) is 25.7 Å². The van der Waals surface area contributed by atoms with E-state index in [9.17, 15) is 9.59 Å². The molecule has 1 N–H and O–H groups in total. The molecule has 0 aliphatic heterocycles. The number of furan rings is 1. The van der Waals surface area contributed by atoms with Crippen molar-refractivity contribution in [1.29, 1.82) is 0 Å². The molecule has 1 saturated carbocycles. The second-order valence-corrected chi connectivity index (χ2v) is 9.18. The van der Waals surface area contributed by atoms with Crippen molar-refractivity contribution in [3.63, 3.8) is 0 Å². The SMILES string of the molecule is Cc1ccc(-c2nnn(CC(=O)N(c3ccccc3)C(C(=O)NC3CCCCC3)c3ccncc3)n2)o1. The Kier molecular flexibility index (Phi) is 7.34. The molecule has 0 saturated heterocycles. The minimum absolute atomic E-state index is 0.0922. The van der Waals surface area contributed by atoms with Crippen molar-refractivity contribution < 1.29 is 14.0 Å². The van der Waals surface area contributed by atoms with Crippen LogP contribution in [0.4, 0.5) is 5.69 Å². The van der Waals surface area contributed by atoms with Gasteiger partial charge in [0.25, 0.3) is 5.91 Å². The molecule has 2 amide bonds. The lowest BCUT2D eigenvalue weighted by Crippen LogP contribution is -2.48. The predicted molar refractivity (Wildman–Crippen MR) is 136 cm³/mol. The van der Waals surface area contributed by atoms with E-state index in [-0.39, 0.29) is 30.2 Å². The molecule has 1 aliphatic carbocycles. The summed E-state index contributed by atoms with van der Waals surface area (Å²) in [5.41, 5.74) is 1.26. The number of nitrogens with zero attached hydrogens (tertiary/aromatic N) is 6. The molecule has 4 aromatic rings. The number of nitrogens with one attached hydrogen (secondary N) is 1. The van der Waals surface area contributed by atoms with Gasteiger partial charge in [-0.25, -0.2) is 0 Å². The smallest absolute Gasteiger partial charge is 0.251 e. The Morgan fingerprint density at radius 3 is 2.51 bits per heavy atom. The summed E-state index contributed by atoms with van der Waals surface area (Å²) in [5.74, 6) is 0.896. The van der Waals surface area contributed by atoms with Crippen LogP contribution < -0.4 is 10.2 Å². The number of carbonyl (C=O) groups is 2. The normalized spacial score (nSPS) is 14.7. The van der Waals surface area contributed by atoms with Crippen molar-refractivity contribution in [1.82, 2.24) is 30.5 Å². The first-order valence-electron chi connectivity index (χ1n) is 12.5. The number of tetrazole rings is 1. The molecular formula is C27H29N7O3. The number of amides is 2. The van der Waals surface area contributed by atoms with Gasteiger partial charge in [0, 0.05) is 24.1 Å². The van der Waals surface area contributed by atoms with Gasteiger partial charge in [-0.15, -0.1) is 10.2 Å². The van der Waals surface area contributed by atoms with E-state index in [1.165, 1.54) is 16.1 Å². The highest BCUT2D eigenvalue weighted by atomic mass is 16.3. The average Bonchev–Trinajstić information content (AvgIpc) is 3.57. The van der Waals surface area contributed by atoms with E-state index < -0.39 is 6.04 Å².